The van der Waals surface area contributed by atoms with Crippen LogP contribution >= 0.6 is 0 Å². The van der Waals surface area contributed by atoms with Crippen LogP contribution in [0.2, 0.25) is 0 Å². The lowest BCUT2D eigenvalue weighted by molar-refractivity contribution is -0.0850. The highest BCUT2D eigenvalue weighted by atomic mass is 16.3. The van der Waals surface area contributed by atoms with E-state index in [2.05, 4.69) is 17.4 Å². The highest BCUT2D eigenvalue weighted by Crippen LogP contribution is 2.41. The molecule has 104 valence electrons. The summed E-state index contributed by atoms with van der Waals surface area (Å²) in [5.41, 5.74) is 7.44. The second-order valence-corrected chi connectivity index (χ2v) is 6.21. The molecule has 3 rings (SSSR count). The first-order valence-electron chi connectivity index (χ1n) is 7.48. The normalized spacial score (nSPS) is 34.8. The summed E-state index contributed by atoms with van der Waals surface area (Å²) in [5.74, 6) is 0.410. The third-order valence-corrected chi connectivity index (χ3v) is 4.95. The van der Waals surface area contributed by atoms with Crippen molar-refractivity contribution < 1.29 is 5.11 Å². The minimum Gasteiger partial charge on any atom is -0.399 e. The molecule has 1 saturated carbocycles. The summed E-state index contributed by atoms with van der Waals surface area (Å²) in [6.45, 7) is 0.937. The fraction of sp³-hybridized carbons (Fsp3) is 0.625. The van der Waals surface area contributed by atoms with Gasteiger partial charge in [-0.25, -0.2) is 0 Å². The first-order chi connectivity index (χ1) is 9.17. The number of aliphatic hydroxyl groups is 1. The van der Waals surface area contributed by atoms with Crippen LogP contribution in [0.5, 0.6) is 0 Å². The molecule has 1 aromatic carbocycles. The number of nitrogens with one attached hydrogen (secondary N) is 1. The van der Waals surface area contributed by atoms with Crippen molar-refractivity contribution in [2.24, 2.45) is 5.92 Å². The molecule has 0 spiro atoms. The minimum atomic E-state index is -0.415. The van der Waals surface area contributed by atoms with Gasteiger partial charge in [-0.05, 0) is 49.9 Å². The van der Waals surface area contributed by atoms with Crippen molar-refractivity contribution in [3.63, 3.8) is 0 Å². The van der Waals surface area contributed by atoms with Crippen LogP contribution in [0.4, 0.5) is 5.69 Å². The molecule has 1 heterocycles. The van der Waals surface area contributed by atoms with Gasteiger partial charge in [0.1, 0.15) is 0 Å². The first-order valence-corrected chi connectivity index (χ1v) is 7.48. The largest absolute Gasteiger partial charge is 0.399 e. The summed E-state index contributed by atoms with van der Waals surface area (Å²) in [6.07, 6.45) is 6.48. The zero-order valence-electron chi connectivity index (χ0n) is 11.4. The van der Waals surface area contributed by atoms with Gasteiger partial charge in [-0.1, -0.05) is 25.0 Å². The average molecular weight is 260 g/mol. The zero-order chi connectivity index (χ0) is 13.3. The molecule has 3 unspecified atom stereocenters. The van der Waals surface area contributed by atoms with Crippen LogP contribution in [-0.2, 0) is 6.42 Å². The molecular formula is C16H24N2O. The van der Waals surface area contributed by atoms with E-state index in [1.54, 1.807) is 0 Å². The summed E-state index contributed by atoms with van der Waals surface area (Å²) < 4.78 is 0. The van der Waals surface area contributed by atoms with Crippen LogP contribution in [0.3, 0.4) is 0 Å². The molecule has 0 amide bonds. The number of hydrogen-bond donors (Lipinski definition) is 3. The number of benzene rings is 1. The Balaban J connectivity index is 1.74. The Kier molecular flexibility index (Phi) is 3.50. The lowest BCUT2D eigenvalue weighted by Gasteiger charge is -2.48. The van der Waals surface area contributed by atoms with E-state index < -0.39 is 5.60 Å². The Bertz CT molecular complexity index is 427. The number of piperidine rings is 1. The van der Waals surface area contributed by atoms with Crippen LogP contribution in [-0.4, -0.2) is 23.3 Å². The molecule has 0 radical (unpaired) electrons. The number of fused-ring (bicyclic) bond motifs is 1. The van der Waals surface area contributed by atoms with Crippen LogP contribution < -0.4 is 11.1 Å². The smallest absolute Gasteiger partial charge is 0.0702 e. The van der Waals surface area contributed by atoms with Crippen molar-refractivity contribution >= 4 is 5.69 Å². The molecule has 1 saturated heterocycles. The Morgan fingerprint density at radius 2 is 2.00 bits per heavy atom. The topological polar surface area (TPSA) is 58.3 Å². The minimum absolute atomic E-state index is 0.405. The second-order valence-electron chi connectivity index (χ2n) is 6.21. The molecule has 4 N–H and O–H groups in total. The van der Waals surface area contributed by atoms with Crippen molar-refractivity contribution in [1.29, 1.82) is 0 Å². The van der Waals surface area contributed by atoms with Crippen molar-refractivity contribution in [3.05, 3.63) is 29.8 Å². The van der Waals surface area contributed by atoms with E-state index in [4.69, 9.17) is 5.73 Å². The maximum Gasteiger partial charge on any atom is 0.0702 e. The molecule has 0 bridgehead atoms. The lowest BCUT2D eigenvalue weighted by Crippen LogP contribution is -2.58. The van der Waals surface area contributed by atoms with E-state index in [0.29, 0.717) is 12.0 Å². The average Bonchev–Trinajstić information content (AvgIpc) is 2.41. The predicted molar refractivity (Wildman–Crippen MR) is 77.9 cm³/mol. The van der Waals surface area contributed by atoms with Gasteiger partial charge < -0.3 is 16.2 Å². The van der Waals surface area contributed by atoms with Crippen LogP contribution in [0.1, 0.15) is 37.7 Å². The number of rotatable bonds is 2. The van der Waals surface area contributed by atoms with Gasteiger partial charge in [-0.2, -0.15) is 0 Å². The molecule has 3 heteroatoms. The second kappa shape index (κ2) is 5.14. The van der Waals surface area contributed by atoms with Crippen molar-refractivity contribution in [1.82, 2.24) is 5.32 Å². The van der Waals surface area contributed by atoms with E-state index >= 15 is 0 Å². The Morgan fingerprint density at radius 3 is 2.79 bits per heavy atom. The fourth-order valence-corrected chi connectivity index (χ4v) is 3.87. The summed E-state index contributed by atoms with van der Waals surface area (Å²) in [5, 5.41) is 14.4. The van der Waals surface area contributed by atoms with E-state index in [-0.39, 0.29) is 0 Å². The van der Waals surface area contributed by atoms with Gasteiger partial charge in [0.15, 0.2) is 0 Å². The van der Waals surface area contributed by atoms with Gasteiger partial charge in [-0.3, -0.25) is 0 Å². The summed E-state index contributed by atoms with van der Waals surface area (Å²) >= 11 is 0. The van der Waals surface area contributed by atoms with Crippen molar-refractivity contribution in [2.45, 2.75) is 50.2 Å². The van der Waals surface area contributed by atoms with Crippen molar-refractivity contribution in [3.8, 4) is 0 Å². The first kappa shape index (κ1) is 12.9. The van der Waals surface area contributed by atoms with E-state index in [9.17, 15) is 5.11 Å². The number of hydrogen-bond acceptors (Lipinski definition) is 3. The quantitative estimate of drug-likeness (QED) is 0.714. The molecular weight excluding hydrogens is 236 g/mol. The predicted octanol–water partition coefficient (Wildman–Crippen LogP) is 2.09. The molecule has 1 aliphatic carbocycles. The van der Waals surface area contributed by atoms with Gasteiger partial charge in [0, 0.05) is 17.6 Å². The van der Waals surface area contributed by atoms with Crippen molar-refractivity contribution in [2.75, 3.05) is 12.3 Å². The highest BCUT2D eigenvalue weighted by Gasteiger charge is 2.45. The van der Waals surface area contributed by atoms with Gasteiger partial charge in [0.05, 0.1) is 5.60 Å². The van der Waals surface area contributed by atoms with Gasteiger partial charge >= 0.3 is 0 Å². The maximum atomic E-state index is 10.8. The molecule has 0 aromatic heterocycles. The SMILES string of the molecule is Nc1ccc(CC2NCCC3(O)CCCCC23)cc1. The highest BCUT2D eigenvalue weighted by molar-refractivity contribution is 5.39. The van der Waals surface area contributed by atoms with Crippen LogP contribution in [0.15, 0.2) is 24.3 Å². The zero-order valence-corrected chi connectivity index (χ0v) is 11.4. The van der Waals surface area contributed by atoms with Crippen LogP contribution in [0, 0.1) is 5.92 Å². The van der Waals surface area contributed by atoms with E-state index in [0.717, 1.165) is 37.9 Å². The Labute approximate surface area is 115 Å². The third kappa shape index (κ3) is 2.63. The van der Waals surface area contributed by atoms with Gasteiger partial charge in [0.2, 0.25) is 0 Å². The summed E-state index contributed by atoms with van der Waals surface area (Å²) in [4.78, 5) is 0. The third-order valence-electron chi connectivity index (χ3n) is 4.95. The molecule has 2 aliphatic rings. The number of nitrogens with two attached hydrogens (primary N) is 1. The molecule has 3 atom stereocenters. The van der Waals surface area contributed by atoms with E-state index in [1.165, 1.54) is 18.4 Å². The van der Waals surface area contributed by atoms with Gasteiger partial charge in [-0.15, -0.1) is 0 Å². The molecule has 2 fully saturated rings. The Hall–Kier alpha value is -1.06. The standard InChI is InChI=1S/C16H24N2O/c17-13-6-4-12(5-7-13)11-15-14-3-1-2-8-16(14,19)9-10-18-15/h4-7,14-15,18-19H,1-3,8-11,17H2. The summed E-state index contributed by atoms with van der Waals surface area (Å²) in [6, 6.07) is 8.54. The molecule has 3 nitrogen and oxygen atoms in total. The molecule has 19 heavy (non-hydrogen) atoms. The number of anilines is 1. The monoisotopic (exact) mass is 260 g/mol. The van der Waals surface area contributed by atoms with E-state index in [1.807, 2.05) is 12.1 Å². The molecule has 1 aromatic rings. The van der Waals surface area contributed by atoms with Crippen LogP contribution in [0.25, 0.3) is 0 Å². The number of nitrogen functional groups attached to an aromatic ring is 1. The molecule has 1 aliphatic heterocycles. The fourth-order valence-electron chi connectivity index (χ4n) is 3.87. The Morgan fingerprint density at radius 1 is 1.21 bits per heavy atom. The van der Waals surface area contributed by atoms with Gasteiger partial charge in [0.25, 0.3) is 0 Å². The summed E-state index contributed by atoms with van der Waals surface area (Å²) in [7, 11) is 0. The maximum absolute atomic E-state index is 10.8. The lowest BCUT2D eigenvalue weighted by atomic mass is 9.67.